The second kappa shape index (κ2) is 7.88. The number of hydrogen-bond acceptors (Lipinski definition) is 3. The minimum atomic E-state index is -4.58. The van der Waals surface area contributed by atoms with E-state index in [2.05, 4.69) is 27.1 Å². The Labute approximate surface area is 157 Å². The Morgan fingerprint density at radius 2 is 1.86 bits per heavy atom. The normalized spacial score (nSPS) is 10.7. The molecule has 8 heteroatoms. The number of aromatic nitrogens is 2. The van der Waals surface area contributed by atoms with E-state index in [1.807, 2.05) is 0 Å². The molecule has 28 heavy (non-hydrogen) atoms. The quantitative estimate of drug-likeness (QED) is 0.529. The number of rotatable bonds is 2. The van der Waals surface area contributed by atoms with E-state index in [1.165, 1.54) is 36.7 Å². The molecular weight excluding hydrogens is 374 g/mol. The highest BCUT2D eigenvalue weighted by atomic mass is 19.4. The monoisotopic (exact) mass is 385 g/mol. The van der Waals surface area contributed by atoms with Gasteiger partial charge in [0.25, 0.3) is 5.91 Å². The molecule has 1 N–H and O–H groups in total. The number of halogens is 4. The van der Waals surface area contributed by atoms with Crippen molar-refractivity contribution in [3.8, 4) is 11.8 Å². The van der Waals surface area contributed by atoms with Crippen molar-refractivity contribution in [3.63, 3.8) is 0 Å². The first kappa shape index (κ1) is 19.0. The van der Waals surface area contributed by atoms with Crippen molar-refractivity contribution in [2.24, 2.45) is 0 Å². The summed E-state index contributed by atoms with van der Waals surface area (Å²) in [5, 5.41) is 2.50. The largest absolute Gasteiger partial charge is 0.433 e. The van der Waals surface area contributed by atoms with Gasteiger partial charge < -0.3 is 5.32 Å². The van der Waals surface area contributed by atoms with Gasteiger partial charge in [0, 0.05) is 11.8 Å². The second-order valence-electron chi connectivity index (χ2n) is 5.55. The molecule has 0 aliphatic heterocycles. The molecule has 0 spiro atoms. The minimum Gasteiger partial charge on any atom is -0.320 e. The molecule has 0 aliphatic rings. The molecule has 0 unspecified atom stereocenters. The number of carbonyl (C=O) groups is 1. The van der Waals surface area contributed by atoms with Gasteiger partial charge in [-0.1, -0.05) is 12.0 Å². The molecule has 3 rings (SSSR count). The van der Waals surface area contributed by atoms with Gasteiger partial charge in [-0.15, -0.1) is 0 Å². The van der Waals surface area contributed by atoms with Crippen LogP contribution in [0.5, 0.6) is 0 Å². The third-order valence-corrected chi connectivity index (χ3v) is 3.50. The lowest BCUT2D eigenvalue weighted by Crippen LogP contribution is -2.14. The first-order valence-corrected chi connectivity index (χ1v) is 7.90. The minimum absolute atomic E-state index is 0.0967. The zero-order valence-electron chi connectivity index (χ0n) is 14.1. The molecule has 0 atom stereocenters. The highest BCUT2D eigenvalue weighted by molar-refractivity contribution is 6.04. The topological polar surface area (TPSA) is 54.9 Å². The third-order valence-electron chi connectivity index (χ3n) is 3.50. The Hall–Kier alpha value is -3.73. The molecular formula is C20H11F4N3O. The van der Waals surface area contributed by atoms with Gasteiger partial charge in [0.15, 0.2) is 0 Å². The van der Waals surface area contributed by atoms with Gasteiger partial charge in [-0.25, -0.2) is 9.37 Å². The maximum Gasteiger partial charge on any atom is 0.433 e. The molecule has 0 saturated carbocycles. The van der Waals surface area contributed by atoms with E-state index < -0.39 is 23.6 Å². The number of pyridine rings is 2. The fourth-order valence-corrected chi connectivity index (χ4v) is 2.21. The average molecular weight is 385 g/mol. The molecule has 140 valence electrons. The van der Waals surface area contributed by atoms with E-state index in [9.17, 15) is 22.4 Å². The van der Waals surface area contributed by atoms with Crippen LogP contribution in [0.2, 0.25) is 0 Å². The van der Waals surface area contributed by atoms with Crippen molar-refractivity contribution in [2.45, 2.75) is 6.18 Å². The zero-order chi connectivity index (χ0) is 20.1. The predicted molar refractivity (Wildman–Crippen MR) is 93.8 cm³/mol. The Morgan fingerprint density at radius 3 is 2.57 bits per heavy atom. The van der Waals surface area contributed by atoms with Gasteiger partial charge >= 0.3 is 6.18 Å². The van der Waals surface area contributed by atoms with Crippen LogP contribution in [0.3, 0.4) is 0 Å². The smallest absolute Gasteiger partial charge is 0.320 e. The van der Waals surface area contributed by atoms with Gasteiger partial charge in [-0.3, -0.25) is 9.78 Å². The van der Waals surface area contributed by atoms with Crippen molar-refractivity contribution in [2.75, 3.05) is 5.32 Å². The van der Waals surface area contributed by atoms with Crippen LogP contribution >= 0.6 is 0 Å². The van der Waals surface area contributed by atoms with Crippen LogP contribution in [0.15, 0.2) is 60.9 Å². The Bertz CT molecular complexity index is 1070. The van der Waals surface area contributed by atoms with Crippen molar-refractivity contribution in [3.05, 3.63) is 89.3 Å². The van der Waals surface area contributed by atoms with E-state index in [-0.39, 0.29) is 16.8 Å². The van der Waals surface area contributed by atoms with Crippen LogP contribution in [-0.4, -0.2) is 15.9 Å². The second-order valence-corrected chi connectivity index (χ2v) is 5.55. The molecule has 1 aromatic carbocycles. The first-order valence-electron chi connectivity index (χ1n) is 7.90. The first-order chi connectivity index (χ1) is 13.3. The van der Waals surface area contributed by atoms with Crippen molar-refractivity contribution < 1.29 is 22.4 Å². The summed E-state index contributed by atoms with van der Waals surface area (Å²) in [5.41, 5.74) is -0.781. The van der Waals surface area contributed by atoms with Crippen molar-refractivity contribution in [1.82, 2.24) is 9.97 Å². The lowest BCUT2D eigenvalue weighted by atomic mass is 10.1. The molecule has 1 amide bonds. The highest BCUT2D eigenvalue weighted by Gasteiger charge is 2.32. The van der Waals surface area contributed by atoms with Crippen LogP contribution in [-0.2, 0) is 6.18 Å². The summed E-state index contributed by atoms with van der Waals surface area (Å²) in [6, 6.07) is 10.1. The lowest BCUT2D eigenvalue weighted by Gasteiger charge is -2.06. The summed E-state index contributed by atoms with van der Waals surface area (Å²) >= 11 is 0. The summed E-state index contributed by atoms with van der Waals surface area (Å²) in [7, 11) is 0. The van der Waals surface area contributed by atoms with Gasteiger partial charge in [0.2, 0.25) is 0 Å². The van der Waals surface area contributed by atoms with Crippen LogP contribution in [0, 0.1) is 17.7 Å². The number of benzene rings is 1. The van der Waals surface area contributed by atoms with Crippen LogP contribution in [0.1, 0.15) is 27.3 Å². The van der Waals surface area contributed by atoms with Gasteiger partial charge in [-0.05, 0) is 48.4 Å². The van der Waals surface area contributed by atoms with E-state index in [4.69, 9.17) is 0 Å². The molecule has 0 bridgehead atoms. The summed E-state index contributed by atoms with van der Waals surface area (Å²) in [6.45, 7) is 0. The van der Waals surface area contributed by atoms with E-state index in [0.29, 0.717) is 5.69 Å². The summed E-state index contributed by atoms with van der Waals surface area (Å²) in [6.07, 6.45) is -1.65. The van der Waals surface area contributed by atoms with Crippen LogP contribution in [0.25, 0.3) is 0 Å². The maximum absolute atomic E-state index is 14.0. The third kappa shape index (κ3) is 4.71. The zero-order valence-corrected chi connectivity index (χ0v) is 14.1. The van der Waals surface area contributed by atoms with Gasteiger partial charge in [-0.2, -0.15) is 13.2 Å². The number of carbonyl (C=O) groups excluding carboxylic acids is 1. The van der Waals surface area contributed by atoms with E-state index in [1.54, 1.807) is 12.1 Å². The Kier molecular flexibility index (Phi) is 5.36. The molecule has 0 radical (unpaired) electrons. The molecule has 2 heterocycles. The fourth-order valence-electron chi connectivity index (χ4n) is 2.21. The Morgan fingerprint density at radius 1 is 1.04 bits per heavy atom. The summed E-state index contributed by atoms with van der Waals surface area (Å²) in [5.74, 6) is 3.61. The fraction of sp³-hybridized carbons (Fsp3) is 0.0500. The molecule has 3 aromatic rings. The number of nitrogens with one attached hydrogen (secondary N) is 1. The number of hydrogen-bond donors (Lipinski definition) is 1. The SMILES string of the molecule is O=C(Nc1cccnc1)c1cc(C#Cc2cccc(C(F)(F)F)n2)ccc1F. The number of amides is 1. The number of anilines is 1. The van der Waals surface area contributed by atoms with Crippen LogP contribution in [0.4, 0.5) is 23.2 Å². The molecule has 0 saturated heterocycles. The molecule has 2 aromatic heterocycles. The maximum atomic E-state index is 14.0. The van der Waals surface area contributed by atoms with Crippen molar-refractivity contribution >= 4 is 11.6 Å². The molecule has 4 nitrogen and oxygen atoms in total. The van der Waals surface area contributed by atoms with E-state index >= 15 is 0 Å². The summed E-state index contributed by atoms with van der Waals surface area (Å²) < 4.78 is 52.1. The van der Waals surface area contributed by atoms with Gasteiger partial charge in [0.1, 0.15) is 17.2 Å². The predicted octanol–water partition coefficient (Wildman–Crippen LogP) is 4.29. The standard InChI is InChI=1S/C20H11F4N3O/c21-17-9-7-13(6-8-14-3-1-5-18(26-14)20(22,23)24)11-16(17)19(28)27-15-4-2-10-25-12-15/h1-5,7,9-12H,(H,27,28). The summed E-state index contributed by atoms with van der Waals surface area (Å²) in [4.78, 5) is 19.5. The molecule has 0 aliphatic carbocycles. The van der Waals surface area contributed by atoms with Gasteiger partial charge in [0.05, 0.1) is 17.4 Å². The Balaban J connectivity index is 1.85. The van der Waals surface area contributed by atoms with Crippen LogP contribution < -0.4 is 5.32 Å². The number of alkyl halides is 3. The molecule has 0 fully saturated rings. The number of nitrogens with zero attached hydrogens (tertiary/aromatic N) is 2. The lowest BCUT2D eigenvalue weighted by molar-refractivity contribution is -0.141. The van der Waals surface area contributed by atoms with Crippen molar-refractivity contribution in [1.29, 1.82) is 0 Å². The average Bonchev–Trinajstić information content (AvgIpc) is 2.67. The highest BCUT2D eigenvalue weighted by Crippen LogP contribution is 2.27. The van der Waals surface area contributed by atoms with E-state index in [0.717, 1.165) is 12.1 Å².